The molecule has 0 unspecified atom stereocenters. The normalized spacial score (nSPS) is 10.1. The Bertz CT molecular complexity index is 653. The van der Waals surface area contributed by atoms with Crippen molar-refractivity contribution in [2.45, 2.75) is 20.8 Å². The standard InChI is InChI=1S/C18H21NO3/c1-4-21-16-7-5-6-15(11-16)19-18(20)12-22-17-9-8-13(2)10-14(17)3/h5-11H,4,12H2,1-3H3,(H,19,20). The van der Waals surface area contributed by atoms with Gasteiger partial charge in [0.1, 0.15) is 11.5 Å². The lowest BCUT2D eigenvalue weighted by Gasteiger charge is -2.11. The first-order valence-electron chi connectivity index (χ1n) is 7.31. The highest BCUT2D eigenvalue weighted by molar-refractivity contribution is 5.92. The monoisotopic (exact) mass is 299 g/mol. The van der Waals surface area contributed by atoms with E-state index >= 15 is 0 Å². The summed E-state index contributed by atoms with van der Waals surface area (Å²) in [6.45, 7) is 6.47. The van der Waals surface area contributed by atoms with E-state index in [2.05, 4.69) is 5.32 Å². The van der Waals surface area contributed by atoms with Crippen LogP contribution in [0.4, 0.5) is 5.69 Å². The molecule has 0 aliphatic heterocycles. The number of amides is 1. The van der Waals surface area contributed by atoms with Crippen LogP contribution in [0.2, 0.25) is 0 Å². The molecule has 0 aliphatic rings. The van der Waals surface area contributed by atoms with Gasteiger partial charge < -0.3 is 14.8 Å². The van der Waals surface area contributed by atoms with Crippen LogP contribution in [0, 0.1) is 13.8 Å². The van der Waals surface area contributed by atoms with Gasteiger partial charge in [-0.3, -0.25) is 4.79 Å². The number of hydrogen-bond donors (Lipinski definition) is 1. The van der Waals surface area contributed by atoms with Crippen LogP contribution >= 0.6 is 0 Å². The summed E-state index contributed by atoms with van der Waals surface area (Å²) in [5.41, 5.74) is 2.88. The fraction of sp³-hybridized carbons (Fsp3) is 0.278. The van der Waals surface area contributed by atoms with Gasteiger partial charge in [-0.2, -0.15) is 0 Å². The summed E-state index contributed by atoms with van der Waals surface area (Å²) in [6.07, 6.45) is 0. The summed E-state index contributed by atoms with van der Waals surface area (Å²) >= 11 is 0. The first kappa shape index (κ1) is 15.9. The Morgan fingerprint density at radius 2 is 1.91 bits per heavy atom. The van der Waals surface area contributed by atoms with Crippen LogP contribution in [0.25, 0.3) is 0 Å². The van der Waals surface area contributed by atoms with E-state index in [9.17, 15) is 4.79 Å². The lowest BCUT2D eigenvalue weighted by Crippen LogP contribution is -2.20. The molecule has 0 fully saturated rings. The summed E-state index contributed by atoms with van der Waals surface area (Å²) in [5.74, 6) is 1.26. The van der Waals surface area contributed by atoms with E-state index in [1.165, 1.54) is 5.56 Å². The van der Waals surface area contributed by atoms with Gasteiger partial charge in [0.05, 0.1) is 6.61 Å². The zero-order chi connectivity index (χ0) is 15.9. The van der Waals surface area contributed by atoms with E-state index < -0.39 is 0 Å². The Morgan fingerprint density at radius 1 is 1.09 bits per heavy atom. The summed E-state index contributed by atoms with van der Waals surface area (Å²) in [4.78, 5) is 12.0. The number of anilines is 1. The molecule has 0 aliphatic carbocycles. The van der Waals surface area contributed by atoms with Crippen molar-refractivity contribution < 1.29 is 14.3 Å². The van der Waals surface area contributed by atoms with Crippen molar-refractivity contribution in [2.24, 2.45) is 0 Å². The fourth-order valence-electron chi connectivity index (χ4n) is 2.13. The summed E-state index contributed by atoms with van der Waals surface area (Å²) in [5, 5.41) is 2.80. The molecule has 2 rings (SSSR count). The second kappa shape index (κ2) is 7.50. The maximum absolute atomic E-state index is 12.0. The topological polar surface area (TPSA) is 47.6 Å². The lowest BCUT2D eigenvalue weighted by molar-refractivity contribution is -0.118. The van der Waals surface area contributed by atoms with Gasteiger partial charge >= 0.3 is 0 Å². The van der Waals surface area contributed by atoms with Crippen LogP contribution in [-0.2, 0) is 4.79 Å². The van der Waals surface area contributed by atoms with Crippen LogP contribution < -0.4 is 14.8 Å². The molecule has 0 spiro atoms. The van der Waals surface area contributed by atoms with Crippen molar-refractivity contribution in [1.82, 2.24) is 0 Å². The highest BCUT2D eigenvalue weighted by Crippen LogP contribution is 2.19. The maximum Gasteiger partial charge on any atom is 0.262 e. The Kier molecular flexibility index (Phi) is 5.42. The van der Waals surface area contributed by atoms with E-state index in [0.29, 0.717) is 12.3 Å². The molecule has 22 heavy (non-hydrogen) atoms. The number of carbonyl (C=O) groups excluding carboxylic acids is 1. The van der Waals surface area contributed by atoms with E-state index in [-0.39, 0.29) is 12.5 Å². The van der Waals surface area contributed by atoms with Crippen LogP contribution in [0.5, 0.6) is 11.5 Å². The number of aryl methyl sites for hydroxylation is 2. The third-order valence-electron chi connectivity index (χ3n) is 3.12. The predicted octanol–water partition coefficient (Wildman–Crippen LogP) is 3.72. The number of hydrogen-bond acceptors (Lipinski definition) is 3. The molecule has 0 heterocycles. The van der Waals surface area contributed by atoms with Crippen LogP contribution in [0.15, 0.2) is 42.5 Å². The zero-order valence-electron chi connectivity index (χ0n) is 13.2. The minimum absolute atomic E-state index is 0.0250. The first-order valence-corrected chi connectivity index (χ1v) is 7.31. The van der Waals surface area contributed by atoms with Gasteiger partial charge in [-0.1, -0.05) is 23.8 Å². The Labute approximate surface area is 131 Å². The van der Waals surface area contributed by atoms with Crippen LogP contribution in [0.1, 0.15) is 18.1 Å². The van der Waals surface area contributed by atoms with Gasteiger partial charge in [0.25, 0.3) is 5.91 Å². The third-order valence-corrected chi connectivity index (χ3v) is 3.12. The molecule has 4 heteroatoms. The van der Waals surface area contributed by atoms with E-state index in [1.807, 2.05) is 57.2 Å². The van der Waals surface area contributed by atoms with Gasteiger partial charge in [-0.05, 0) is 44.5 Å². The van der Waals surface area contributed by atoms with Crippen molar-refractivity contribution in [3.05, 3.63) is 53.6 Å². The minimum atomic E-state index is -0.200. The lowest BCUT2D eigenvalue weighted by atomic mass is 10.1. The molecular formula is C18H21NO3. The van der Waals surface area contributed by atoms with Crippen molar-refractivity contribution >= 4 is 11.6 Å². The molecule has 0 bridgehead atoms. The molecule has 2 aromatic rings. The molecule has 4 nitrogen and oxygen atoms in total. The maximum atomic E-state index is 12.0. The molecule has 1 N–H and O–H groups in total. The van der Waals surface area contributed by atoms with Gasteiger partial charge in [-0.25, -0.2) is 0 Å². The van der Waals surface area contributed by atoms with Gasteiger partial charge in [-0.15, -0.1) is 0 Å². The number of benzene rings is 2. The average Bonchev–Trinajstić information content (AvgIpc) is 2.47. The molecular weight excluding hydrogens is 278 g/mol. The second-order valence-electron chi connectivity index (χ2n) is 5.07. The Morgan fingerprint density at radius 3 is 2.64 bits per heavy atom. The average molecular weight is 299 g/mol. The zero-order valence-corrected chi connectivity index (χ0v) is 13.2. The SMILES string of the molecule is CCOc1cccc(NC(=O)COc2ccc(C)cc2C)c1. The summed E-state index contributed by atoms with van der Waals surface area (Å²) < 4.78 is 11.0. The van der Waals surface area contributed by atoms with Gasteiger partial charge in [0.2, 0.25) is 0 Å². The molecule has 0 atom stereocenters. The van der Waals surface area contributed by atoms with Crippen LogP contribution in [0.3, 0.4) is 0 Å². The summed E-state index contributed by atoms with van der Waals surface area (Å²) in [7, 11) is 0. The van der Waals surface area contributed by atoms with Crippen molar-refractivity contribution in [3.8, 4) is 11.5 Å². The number of ether oxygens (including phenoxy) is 2. The van der Waals surface area contributed by atoms with E-state index in [1.54, 1.807) is 6.07 Å². The molecule has 0 aromatic heterocycles. The first-order chi connectivity index (χ1) is 10.6. The van der Waals surface area contributed by atoms with Crippen molar-refractivity contribution in [1.29, 1.82) is 0 Å². The van der Waals surface area contributed by atoms with Crippen molar-refractivity contribution in [2.75, 3.05) is 18.5 Å². The number of carbonyl (C=O) groups is 1. The van der Waals surface area contributed by atoms with Gasteiger partial charge in [0, 0.05) is 11.8 Å². The Balaban J connectivity index is 1.91. The second-order valence-corrected chi connectivity index (χ2v) is 5.07. The van der Waals surface area contributed by atoms with Crippen molar-refractivity contribution in [3.63, 3.8) is 0 Å². The molecule has 0 radical (unpaired) electrons. The highest BCUT2D eigenvalue weighted by Gasteiger charge is 2.06. The van der Waals surface area contributed by atoms with E-state index in [0.717, 1.165) is 17.1 Å². The van der Waals surface area contributed by atoms with Gasteiger partial charge in [0.15, 0.2) is 6.61 Å². The largest absolute Gasteiger partial charge is 0.494 e. The quantitative estimate of drug-likeness (QED) is 0.884. The molecule has 1 amide bonds. The smallest absolute Gasteiger partial charge is 0.262 e. The molecule has 2 aromatic carbocycles. The van der Waals surface area contributed by atoms with E-state index in [4.69, 9.17) is 9.47 Å². The number of nitrogens with one attached hydrogen (secondary N) is 1. The summed E-state index contributed by atoms with van der Waals surface area (Å²) in [6, 6.07) is 13.2. The molecule has 0 saturated heterocycles. The molecule has 116 valence electrons. The highest BCUT2D eigenvalue weighted by atomic mass is 16.5. The Hall–Kier alpha value is -2.49. The fourth-order valence-corrected chi connectivity index (χ4v) is 2.13. The van der Waals surface area contributed by atoms with Crippen LogP contribution in [-0.4, -0.2) is 19.1 Å². The number of rotatable bonds is 6. The minimum Gasteiger partial charge on any atom is -0.494 e. The predicted molar refractivity (Wildman–Crippen MR) is 87.7 cm³/mol. The third kappa shape index (κ3) is 4.52. The molecule has 0 saturated carbocycles.